The normalized spacial score (nSPS) is 19.9. The highest BCUT2D eigenvalue weighted by Crippen LogP contribution is 2.53. The molecular formula is C14H10F18O6. The lowest BCUT2D eigenvalue weighted by molar-refractivity contribution is -0.534. The third-order valence-corrected chi connectivity index (χ3v) is 3.75. The van der Waals surface area contributed by atoms with Gasteiger partial charge in [0.25, 0.3) is 0 Å². The van der Waals surface area contributed by atoms with E-state index in [-0.39, 0.29) is 0 Å². The number of hydrogen-bond donors (Lipinski definition) is 1. The number of ether oxygens (including phenoxy) is 4. The summed E-state index contributed by atoms with van der Waals surface area (Å²) in [6.45, 7) is -3.33. The van der Waals surface area contributed by atoms with E-state index >= 15 is 0 Å². The first kappa shape index (κ1) is 36.0. The lowest BCUT2D eigenvalue weighted by atomic mass is 10.2. The van der Waals surface area contributed by atoms with E-state index in [1.54, 1.807) is 0 Å². The van der Waals surface area contributed by atoms with E-state index in [0.29, 0.717) is 0 Å². The van der Waals surface area contributed by atoms with Crippen molar-refractivity contribution in [2.24, 2.45) is 0 Å². The molecule has 0 bridgehead atoms. The highest BCUT2D eigenvalue weighted by molar-refractivity contribution is 5.73. The van der Waals surface area contributed by atoms with Crippen LogP contribution in [0.2, 0.25) is 0 Å². The maximum atomic E-state index is 14.1. The van der Waals surface area contributed by atoms with Gasteiger partial charge < -0.3 is 5.11 Å². The number of hydrogen-bond acceptors (Lipinski definition) is 5. The summed E-state index contributed by atoms with van der Waals surface area (Å²) in [6, 6.07) is 0. The Morgan fingerprint density at radius 3 is 0.947 bits per heavy atom. The molecule has 0 aliphatic rings. The first-order valence-corrected chi connectivity index (χ1v) is 8.46. The zero-order valence-electron chi connectivity index (χ0n) is 17.8. The van der Waals surface area contributed by atoms with Gasteiger partial charge in [-0.2, -0.15) is 65.9 Å². The predicted molar refractivity (Wildman–Crippen MR) is 76.3 cm³/mol. The summed E-state index contributed by atoms with van der Waals surface area (Å²) in [5.74, 6) is -29.0. The molecule has 0 aromatic heterocycles. The van der Waals surface area contributed by atoms with Crippen LogP contribution in [-0.2, 0) is 23.7 Å². The standard InChI is InChI=1S/C14H10F18O6/c1-5(15,11(25,26)36-7(3,17)13(29,30)38-8(18,19)4(33)34)35-12(27,28)6(2,16)37-14(31,32)9(20,21)10(22,23)24/h1-3H3,(H,33,34). The third-order valence-electron chi connectivity index (χ3n) is 3.75. The van der Waals surface area contributed by atoms with Gasteiger partial charge in [-0.25, -0.2) is 22.7 Å². The summed E-state index contributed by atoms with van der Waals surface area (Å²) in [5.41, 5.74) is 0. The molecule has 0 aliphatic carbocycles. The van der Waals surface area contributed by atoms with Crippen LogP contribution in [0.25, 0.3) is 0 Å². The molecule has 0 rings (SSSR count). The van der Waals surface area contributed by atoms with Crippen LogP contribution in [-0.4, -0.2) is 71.3 Å². The van der Waals surface area contributed by atoms with Crippen molar-refractivity contribution in [2.75, 3.05) is 0 Å². The van der Waals surface area contributed by atoms with Gasteiger partial charge in [-0.15, -0.1) is 0 Å². The van der Waals surface area contributed by atoms with Gasteiger partial charge in [0.05, 0.1) is 0 Å². The topological polar surface area (TPSA) is 74.2 Å². The Morgan fingerprint density at radius 1 is 0.474 bits per heavy atom. The van der Waals surface area contributed by atoms with Gasteiger partial charge in [0.15, 0.2) is 0 Å². The zero-order chi connectivity index (χ0) is 31.4. The van der Waals surface area contributed by atoms with E-state index < -0.39 is 86.9 Å². The third kappa shape index (κ3) is 6.97. The van der Waals surface area contributed by atoms with Crippen LogP contribution in [0.15, 0.2) is 0 Å². The van der Waals surface area contributed by atoms with Gasteiger partial charge >= 0.3 is 66.2 Å². The summed E-state index contributed by atoms with van der Waals surface area (Å²) >= 11 is 0. The summed E-state index contributed by atoms with van der Waals surface area (Å²) in [5, 5.41) is 7.92. The minimum Gasteiger partial charge on any atom is -0.475 e. The molecule has 0 fully saturated rings. The molecule has 0 aromatic carbocycles. The molecule has 6 nitrogen and oxygen atoms in total. The van der Waals surface area contributed by atoms with Crippen LogP contribution < -0.4 is 0 Å². The Labute approximate surface area is 196 Å². The first-order chi connectivity index (χ1) is 16.0. The Balaban J connectivity index is 6.12. The quantitative estimate of drug-likeness (QED) is 0.243. The number of carboxylic acids is 1. The fourth-order valence-electron chi connectivity index (χ4n) is 1.61. The van der Waals surface area contributed by atoms with Gasteiger partial charge in [-0.1, -0.05) is 0 Å². The molecule has 3 unspecified atom stereocenters. The van der Waals surface area contributed by atoms with E-state index in [1.807, 2.05) is 4.74 Å². The van der Waals surface area contributed by atoms with Gasteiger partial charge in [-0.3, -0.25) is 14.2 Å². The molecule has 0 heterocycles. The van der Waals surface area contributed by atoms with Crippen LogP contribution in [0, 0.1) is 0 Å². The Morgan fingerprint density at radius 2 is 0.711 bits per heavy atom. The molecule has 1 N–H and O–H groups in total. The van der Waals surface area contributed by atoms with Crippen molar-refractivity contribution in [1.82, 2.24) is 0 Å². The van der Waals surface area contributed by atoms with E-state index in [4.69, 9.17) is 5.11 Å². The average Bonchev–Trinajstić information content (AvgIpc) is 2.56. The van der Waals surface area contributed by atoms with E-state index in [2.05, 4.69) is 14.2 Å². The SMILES string of the molecule is CC(F)(OC(F)(F)C(C)(F)OC(F)(F)C(C)(F)OC(F)(F)C(F)(F)C(F)(F)F)C(F)(F)OC(F)(F)C(=O)O. The average molecular weight is 616 g/mol. The van der Waals surface area contributed by atoms with Crippen LogP contribution in [0.3, 0.4) is 0 Å². The second-order valence-electron chi connectivity index (χ2n) is 7.12. The van der Waals surface area contributed by atoms with Crippen LogP contribution in [0.5, 0.6) is 0 Å². The first-order valence-electron chi connectivity index (χ1n) is 8.46. The molecule has 0 saturated heterocycles. The number of rotatable bonds is 13. The molecule has 24 heteroatoms. The van der Waals surface area contributed by atoms with Gasteiger partial charge in [0, 0.05) is 20.8 Å². The smallest absolute Gasteiger partial charge is 0.462 e. The van der Waals surface area contributed by atoms with Crippen molar-refractivity contribution in [3.05, 3.63) is 0 Å². The molecule has 0 saturated carbocycles. The van der Waals surface area contributed by atoms with Gasteiger partial charge in [0.2, 0.25) is 0 Å². The summed E-state index contributed by atoms with van der Waals surface area (Å²) in [6.07, 6.45) is -40.8. The second-order valence-corrected chi connectivity index (χ2v) is 7.12. The predicted octanol–water partition coefficient (Wildman–Crippen LogP) is 6.36. The zero-order valence-corrected chi connectivity index (χ0v) is 17.8. The number of halogens is 18. The largest absolute Gasteiger partial charge is 0.475 e. The number of aliphatic carboxylic acids is 1. The molecule has 38 heavy (non-hydrogen) atoms. The van der Waals surface area contributed by atoms with Crippen molar-refractivity contribution in [3.63, 3.8) is 0 Å². The summed E-state index contributed by atoms with van der Waals surface area (Å²) < 4.78 is 246. The lowest BCUT2D eigenvalue weighted by Gasteiger charge is -2.40. The number of carbonyl (C=O) groups is 1. The van der Waals surface area contributed by atoms with Crippen molar-refractivity contribution in [2.45, 2.75) is 81.0 Å². The molecule has 0 aromatic rings. The minimum atomic E-state index is -7.46. The Kier molecular flexibility index (Phi) is 9.11. The molecule has 0 spiro atoms. The van der Waals surface area contributed by atoms with E-state index in [9.17, 15) is 83.8 Å². The fraction of sp³-hybridized carbons (Fsp3) is 0.929. The van der Waals surface area contributed by atoms with Crippen molar-refractivity contribution >= 4 is 5.97 Å². The fourth-order valence-corrected chi connectivity index (χ4v) is 1.61. The van der Waals surface area contributed by atoms with Crippen LogP contribution in [0.4, 0.5) is 79.0 Å². The number of alkyl halides is 18. The Hall–Kier alpha value is -1.95. The lowest BCUT2D eigenvalue weighted by Crippen LogP contribution is -2.63. The highest BCUT2D eigenvalue weighted by atomic mass is 19.4. The maximum Gasteiger partial charge on any atom is 0.462 e. The molecular weight excluding hydrogens is 606 g/mol. The van der Waals surface area contributed by atoms with E-state index in [0.717, 1.165) is 0 Å². The molecule has 0 aliphatic heterocycles. The van der Waals surface area contributed by atoms with Crippen LogP contribution >= 0.6 is 0 Å². The summed E-state index contributed by atoms with van der Waals surface area (Å²) in [7, 11) is 0. The van der Waals surface area contributed by atoms with Crippen molar-refractivity contribution < 1.29 is 108 Å². The highest BCUT2D eigenvalue weighted by Gasteiger charge is 2.78. The summed E-state index contributed by atoms with van der Waals surface area (Å²) in [4.78, 5) is 10.0. The molecule has 0 radical (unpaired) electrons. The number of carboxylic acid groups (broad SMARTS) is 1. The molecule has 0 amide bonds. The second kappa shape index (κ2) is 9.60. The minimum absolute atomic E-state index is 1.02. The Bertz CT molecular complexity index is 864. The van der Waals surface area contributed by atoms with Gasteiger partial charge in [0.1, 0.15) is 0 Å². The van der Waals surface area contributed by atoms with Gasteiger partial charge in [-0.05, 0) is 0 Å². The van der Waals surface area contributed by atoms with Crippen molar-refractivity contribution in [1.29, 1.82) is 0 Å². The molecule has 3 atom stereocenters. The van der Waals surface area contributed by atoms with Crippen LogP contribution in [0.1, 0.15) is 20.8 Å². The van der Waals surface area contributed by atoms with Crippen molar-refractivity contribution in [3.8, 4) is 0 Å². The maximum absolute atomic E-state index is 14.1. The monoisotopic (exact) mass is 616 g/mol. The molecule has 228 valence electrons. The van der Waals surface area contributed by atoms with E-state index in [1.165, 1.54) is 0 Å².